The van der Waals surface area contributed by atoms with Crippen LogP contribution in [-0.4, -0.2) is 16.4 Å². The average molecular weight is 296 g/mol. The minimum atomic E-state index is 0.310. The zero-order valence-corrected chi connectivity index (χ0v) is 12.6. The maximum Gasteiger partial charge on any atom is 0.145 e. The van der Waals surface area contributed by atoms with Gasteiger partial charge in [-0.1, -0.05) is 41.8 Å². The van der Waals surface area contributed by atoms with Gasteiger partial charge in [-0.15, -0.1) is 0 Å². The molecule has 1 aromatic carbocycles. The van der Waals surface area contributed by atoms with E-state index in [9.17, 15) is 0 Å². The van der Waals surface area contributed by atoms with Crippen molar-refractivity contribution in [3.8, 4) is 5.75 Å². The number of halogens is 1. The van der Waals surface area contributed by atoms with E-state index in [2.05, 4.69) is 34.1 Å². The van der Waals surface area contributed by atoms with Crippen molar-refractivity contribution in [2.45, 2.75) is 40.0 Å². The highest BCUT2D eigenvalue weighted by Crippen LogP contribution is 2.27. The van der Waals surface area contributed by atoms with Gasteiger partial charge in [0.25, 0.3) is 0 Å². The van der Waals surface area contributed by atoms with Gasteiger partial charge in [-0.25, -0.2) is 4.63 Å². The molecule has 6 heteroatoms. The zero-order chi connectivity index (χ0) is 14.5. The summed E-state index contributed by atoms with van der Waals surface area (Å²) in [5, 5.41) is 11.5. The first kappa shape index (κ1) is 14.8. The van der Waals surface area contributed by atoms with Gasteiger partial charge in [0, 0.05) is 23.2 Å². The molecule has 0 radical (unpaired) electrons. The first-order valence-corrected chi connectivity index (χ1v) is 6.87. The van der Waals surface area contributed by atoms with Gasteiger partial charge in [0.1, 0.15) is 23.7 Å². The Morgan fingerprint density at radius 2 is 2.15 bits per heavy atom. The summed E-state index contributed by atoms with van der Waals surface area (Å²) in [6.07, 6.45) is 0. The number of aryl methyl sites for hydroxylation is 1. The molecule has 0 aliphatic heterocycles. The van der Waals surface area contributed by atoms with Gasteiger partial charge in [0.05, 0.1) is 0 Å². The summed E-state index contributed by atoms with van der Waals surface area (Å²) in [6, 6.07) is 5.99. The molecule has 0 amide bonds. The van der Waals surface area contributed by atoms with Crippen molar-refractivity contribution in [3.63, 3.8) is 0 Å². The summed E-state index contributed by atoms with van der Waals surface area (Å²) >= 11 is 6.24. The summed E-state index contributed by atoms with van der Waals surface area (Å²) < 4.78 is 10.4. The molecule has 20 heavy (non-hydrogen) atoms. The van der Waals surface area contributed by atoms with Crippen molar-refractivity contribution in [3.05, 3.63) is 40.2 Å². The minimum absolute atomic E-state index is 0.310. The van der Waals surface area contributed by atoms with Crippen LogP contribution in [0.2, 0.25) is 5.02 Å². The average Bonchev–Trinajstić information content (AvgIpc) is 2.80. The lowest BCUT2D eigenvalue weighted by atomic mass is 10.2. The Hall–Kier alpha value is -1.59. The second kappa shape index (κ2) is 6.72. The molecular formula is C14H18ClN3O2. The van der Waals surface area contributed by atoms with Crippen LogP contribution in [0, 0.1) is 6.92 Å². The largest absolute Gasteiger partial charge is 0.487 e. The summed E-state index contributed by atoms with van der Waals surface area (Å²) in [6.45, 7) is 6.96. The molecule has 108 valence electrons. The number of benzene rings is 1. The summed E-state index contributed by atoms with van der Waals surface area (Å²) in [4.78, 5) is 0. The monoisotopic (exact) mass is 295 g/mol. The van der Waals surface area contributed by atoms with Crippen molar-refractivity contribution < 1.29 is 9.37 Å². The molecular weight excluding hydrogens is 278 g/mol. The van der Waals surface area contributed by atoms with Crippen LogP contribution in [0.4, 0.5) is 0 Å². The molecule has 0 unspecified atom stereocenters. The van der Waals surface area contributed by atoms with Gasteiger partial charge < -0.3 is 10.1 Å². The maximum atomic E-state index is 6.24. The van der Waals surface area contributed by atoms with Gasteiger partial charge in [-0.2, -0.15) is 0 Å². The lowest BCUT2D eigenvalue weighted by Crippen LogP contribution is -2.22. The van der Waals surface area contributed by atoms with E-state index in [4.69, 9.17) is 16.3 Å². The quantitative estimate of drug-likeness (QED) is 0.887. The van der Waals surface area contributed by atoms with Crippen LogP contribution in [-0.2, 0) is 13.2 Å². The molecule has 1 heterocycles. The summed E-state index contributed by atoms with van der Waals surface area (Å²) in [5.74, 6) is 0.744. The third kappa shape index (κ3) is 3.71. The highest BCUT2D eigenvalue weighted by molar-refractivity contribution is 6.31. The molecule has 0 aliphatic rings. The molecule has 0 fully saturated rings. The molecule has 5 nitrogen and oxygen atoms in total. The van der Waals surface area contributed by atoms with Gasteiger partial charge in [-0.05, 0) is 19.1 Å². The number of aromatic nitrogens is 2. The Morgan fingerprint density at radius 3 is 2.80 bits per heavy atom. The third-order valence-electron chi connectivity index (χ3n) is 2.87. The lowest BCUT2D eigenvalue weighted by Gasteiger charge is -2.14. The fourth-order valence-corrected chi connectivity index (χ4v) is 1.91. The van der Waals surface area contributed by atoms with Crippen molar-refractivity contribution in [2.24, 2.45) is 0 Å². The number of ether oxygens (including phenoxy) is 1. The Bertz CT molecular complexity index is 569. The molecule has 0 spiro atoms. The van der Waals surface area contributed by atoms with E-state index in [-0.39, 0.29) is 0 Å². The van der Waals surface area contributed by atoms with Gasteiger partial charge in [0.2, 0.25) is 0 Å². The Labute approximate surface area is 123 Å². The molecule has 1 aromatic heterocycles. The van der Waals surface area contributed by atoms with Crippen LogP contribution in [0.15, 0.2) is 22.8 Å². The van der Waals surface area contributed by atoms with Gasteiger partial charge in [-0.3, -0.25) is 0 Å². The number of hydrogen-bond donors (Lipinski definition) is 1. The molecule has 2 rings (SSSR count). The second-order valence-corrected chi connectivity index (χ2v) is 5.24. The molecule has 0 bridgehead atoms. The van der Waals surface area contributed by atoms with Crippen LogP contribution in [0.3, 0.4) is 0 Å². The molecule has 0 saturated heterocycles. The third-order valence-corrected chi connectivity index (χ3v) is 3.23. The van der Waals surface area contributed by atoms with E-state index in [0.29, 0.717) is 29.9 Å². The maximum absolute atomic E-state index is 6.24. The molecule has 2 aromatic rings. The normalized spacial score (nSPS) is 11.1. The Balaban J connectivity index is 2.10. The predicted molar refractivity (Wildman–Crippen MR) is 76.8 cm³/mol. The van der Waals surface area contributed by atoms with Crippen molar-refractivity contribution in [1.82, 2.24) is 15.6 Å². The van der Waals surface area contributed by atoms with E-state index in [1.165, 1.54) is 0 Å². The first-order valence-electron chi connectivity index (χ1n) is 6.49. The Morgan fingerprint density at radius 1 is 1.35 bits per heavy atom. The number of nitrogens with one attached hydrogen (secondary N) is 1. The van der Waals surface area contributed by atoms with E-state index in [0.717, 1.165) is 17.0 Å². The smallest absolute Gasteiger partial charge is 0.145 e. The van der Waals surface area contributed by atoms with E-state index in [1.807, 2.05) is 25.1 Å². The van der Waals surface area contributed by atoms with Gasteiger partial charge >= 0.3 is 0 Å². The Kier molecular flexibility index (Phi) is 4.98. The van der Waals surface area contributed by atoms with Crippen molar-refractivity contribution in [2.75, 3.05) is 0 Å². The minimum Gasteiger partial charge on any atom is -0.487 e. The molecule has 1 N–H and O–H groups in total. The molecule has 0 atom stereocenters. The topological polar surface area (TPSA) is 60.2 Å². The lowest BCUT2D eigenvalue weighted by molar-refractivity contribution is 0.268. The fraction of sp³-hybridized carbons (Fsp3) is 0.429. The van der Waals surface area contributed by atoms with E-state index >= 15 is 0 Å². The standard InChI is InChI=1S/C14H18ClN3O2/c1-9(2)16-7-11-12(15)5-4-6-14(11)19-8-13-10(3)17-20-18-13/h4-6,9,16H,7-8H2,1-3H3. The summed E-state index contributed by atoms with van der Waals surface area (Å²) in [5.41, 5.74) is 2.36. The SMILES string of the molecule is Cc1nonc1COc1cccc(Cl)c1CNC(C)C. The number of rotatable bonds is 6. The number of hydrogen-bond acceptors (Lipinski definition) is 5. The predicted octanol–water partition coefficient (Wildman–Crippen LogP) is 3.11. The first-order chi connectivity index (χ1) is 9.58. The molecule has 0 saturated carbocycles. The van der Waals surface area contributed by atoms with Gasteiger partial charge in [0.15, 0.2) is 0 Å². The van der Waals surface area contributed by atoms with Crippen LogP contribution in [0.5, 0.6) is 5.75 Å². The van der Waals surface area contributed by atoms with Crippen LogP contribution in [0.1, 0.15) is 30.8 Å². The highest BCUT2D eigenvalue weighted by atomic mass is 35.5. The number of nitrogens with zero attached hydrogens (tertiary/aromatic N) is 2. The fourth-order valence-electron chi connectivity index (χ4n) is 1.68. The van der Waals surface area contributed by atoms with Crippen LogP contribution >= 0.6 is 11.6 Å². The highest BCUT2D eigenvalue weighted by Gasteiger charge is 2.11. The second-order valence-electron chi connectivity index (χ2n) is 4.84. The van der Waals surface area contributed by atoms with Crippen molar-refractivity contribution in [1.29, 1.82) is 0 Å². The van der Waals surface area contributed by atoms with Crippen LogP contribution < -0.4 is 10.1 Å². The van der Waals surface area contributed by atoms with Crippen molar-refractivity contribution >= 4 is 11.6 Å². The van der Waals surface area contributed by atoms with E-state index in [1.54, 1.807) is 0 Å². The zero-order valence-electron chi connectivity index (χ0n) is 11.8. The molecule has 0 aliphatic carbocycles. The van der Waals surface area contributed by atoms with E-state index < -0.39 is 0 Å². The van der Waals surface area contributed by atoms with Crippen LogP contribution in [0.25, 0.3) is 0 Å². The summed E-state index contributed by atoms with van der Waals surface area (Å²) in [7, 11) is 0.